The highest BCUT2D eigenvalue weighted by Crippen LogP contribution is 2.65. The SMILES string of the molecule is C=CCNC(=O)C(=O)C(CC1CC1)NC(=O)[C@@H]1[C@@H]2[C@H](CN1C(=O)[C@@H](NC(=O)N[C@H](CN(C)S(=O)(=O)N(C)C(=O)OC(C)(C)C)C(C)(C)C)C1CCCCC1)C2(C)C. The summed E-state index contributed by atoms with van der Waals surface area (Å²) in [6.07, 6.45) is 6.69. The third-order valence-corrected chi connectivity index (χ3v) is 13.9. The number of amides is 6. The summed E-state index contributed by atoms with van der Waals surface area (Å²) < 4.78 is 33.6. The Hall–Kier alpha value is -3.73. The van der Waals surface area contributed by atoms with Crippen molar-refractivity contribution in [3.05, 3.63) is 12.7 Å². The molecule has 322 valence electrons. The smallest absolute Gasteiger partial charge is 0.424 e. The molecule has 4 fully saturated rings. The van der Waals surface area contributed by atoms with Crippen LogP contribution in [0.25, 0.3) is 0 Å². The topological polar surface area (TPSA) is 204 Å². The molecule has 57 heavy (non-hydrogen) atoms. The number of nitrogens with zero attached hydrogens (tertiary/aromatic N) is 3. The van der Waals surface area contributed by atoms with Crippen LogP contribution in [-0.2, 0) is 34.1 Å². The summed E-state index contributed by atoms with van der Waals surface area (Å²) in [6.45, 7) is 18.3. The summed E-state index contributed by atoms with van der Waals surface area (Å²) in [4.78, 5) is 83.1. The average Bonchev–Trinajstić information content (AvgIpc) is 3.97. The van der Waals surface area contributed by atoms with E-state index in [2.05, 4.69) is 41.7 Å². The van der Waals surface area contributed by atoms with Crippen LogP contribution in [0.15, 0.2) is 12.7 Å². The summed E-state index contributed by atoms with van der Waals surface area (Å²) in [6, 6.07) is -4.35. The lowest BCUT2D eigenvalue weighted by Gasteiger charge is -2.38. The second kappa shape index (κ2) is 17.6. The zero-order valence-corrected chi connectivity index (χ0v) is 36.4. The van der Waals surface area contributed by atoms with Gasteiger partial charge in [-0.15, -0.1) is 6.58 Å². The van der Waals surface area contributed by atoms with Gasteiger partial charge in [0.05, 0.1) is 6.04 Å². The van der Waals surface area contributed by atoms with Crippen molar-refractivity contribution in [3.63, 3.8) is 0 Å². The number of rotatable bonds is 16. The molecule has 0 radical (unpaired) electrons. The fourth-order valence-electron chi connectivity index (χ4n) is 8.28. The van der Waals surface area contributed by atoms with E-state index in [-0.39, 0.29) is 48.1 Å². The standard InChI is InChI=1S/C40H67N7O9S/c1-12-20-41-34(50)32(48)27(21-24-18-19-24)42-33(49)31-29-26(40(29,8)9)22-47(31)35(51)30(25-16-14-13-15-17-25)44-36(52)43-28(38(2,3)4)23-45(10)57(54,55)46(11)37(53)56-39(5,6)7/h12,24-31H,1,13-23H2,2-11H3,(H,41,50)(H,42,49)(H2,43,44,52)/t26-,27?,28+,29-,30-,31-/m0/s1. The summed E-state index contributed by atoms with van der Waals surface area (Å²) >= 11 is 0. The minimum atomic E-state index is -4.34. The molecule has 0 aromatic carbocycles. The molecule has 1 heterocycles. The maximum absolute atomic E-state index is 14.8. The predicted molar refractivity (Wildman–Crippen MR) is 215 cm³/mol. The van der Waals surface area contributed by atoms with Gasteiger partial charge >= 0.3 is 22.3 Å². The van der Waals surface area contributed by atoms with Crippen molar-refractivity contribution in [3.8, 4) is 0 Å². The highest BCUT2D eigenvalue weighted by atomic mass is 32.2. The largest absolute Gasteiger partial charge is 0.443 e. The molecule has 17 heteroatoms. The molecule has 0 aromatic rings. The van der Waals surface area contributed by atoms with E-state index in [4.69, 9.17) is 4.74 Å². The fraction of sp³-hybridized carbons (Fsp3) is 0.800. The number of carbonyl (C=O) groups excluding carboxylic acids is 6. The molecular formula is C40H67N7O9S. The molecule has 0 aromatic heterocycles. The van der Waals surface area contributed by atoms with Gasteiger partial charge in [0, 0.05) is 39.8 Å². The van der Waals surface area contributed by atoms with Crippen LogP contribution >= 0.6 is 0 Å². The van der Waals surface area contributed by atoms with Crippen LogP contribution in [0.1, 0.15) is 107 Å². The first-order chi connectivity index (χ1) is 26.3. The molecule has 0 spiro atoms. The number of Topliss-reactive ketones (excluding diaryl/α,β-unsaturated/α-hetero) is 1. The minimum Gasteiger partial charge on any atom is -0.443 e. The number of likely N-dealkylation sites (N-methyl/N-ethyl adjacent to an activating group) is 1. The van der Waals surface area contributed by atoms with Crippen molar-refractivity contribution >= 4 is 45.8 Å². The second-order valence-electron chi connectivity index (χ2n) is 19.1. The Morgan fingerprint density at radius 2 is 1.54 bits per heavy atom. The van der Waals surface area contributed by atoms with Crippen LogP contribution < -0.4 is 21.3 Å². The van der Waals surface area contributed by atoms with Gasteiger partial charge in [0.1, 0.15) is 17.7 Å². The Morgan fingerprint density at radius 1 is 0.930 bits per heavy atom. The highest BCUT2D eigenvalue weighted by Gasteiger charge is 2.70. The van der Waals surface area contributed by atoms with Crippen LogP contribution in [0.4, 0.5) is 9.59 Å². The molecule has 3 aliphatic carbocycles. The van der Waals surface area contributed by atoms with E-state index in [1.165, 1.54) is 13.1 Å². The van der Waals surface area contributed by atoms with E-state index >= 15 is 0 Å². The summed E-state index contributed by atoms with van der Waals surface area (Å²) in [5.74, 6) is -2.53. The molecule has 3 saturated carbocycles. The van der Waals surface area contributed by atoms with Crippen molar-refractivity contribution in [2.45, 2.75) is 137 Å². The predicted octanol–water partition coefficient (Wildman–Crippen LogP) is 3.33. The van der Waals surface area contributed by atoms with Crippen LogP contribution in [0.5, 0.6) is 0 Å². The maximum Gasteiger partial charge on any atom is 0.424 e. The van der Waals surface area contributed by atoms with Crippen LogP contribution in [0, 0.1) is 34.5 Å². The molecule has 4 rings (SSSR count). The lowest BCUT2D eigenvalue weighted by molar-refractivity contribution is -0.144. The Morgan fingerprint density at radius 3 is 2.09 bits per heavy atom. The number of ether oxygens (including phenoxy) is 1. The third-order valence-electron chi connectivity index (χ3n) is 12.1. The first-order valence-corrected chi connectivity index (χ1v) is 21.7. The van der Waals surface area contributed by atoms with Crippen LogP contribution in [0.2, 0.25) is 0 Å². The number of piperidine rings is 1. The Kier molecular flexibility index (Phi) is 14.2. The second-order valence-corrected chi connectivity index (χ2v) is 21.2. The third kappa shape index (κ3) is 11.3. The fourth-order valence-corrected chi connectivity index (χ4v) is 9.27. The molecule has 1 saturated heterocycles. The zero-order valence-electron chi connectivity index (χ0n) is 35.6. The van der Waals surface area contributed by atoms with Crippen molar-refractivity contribution < 1.29 is 41.9 Å². The lowest BCUT2D eigenvalue weighted by atomic mass is 9.83. The molecule has 6 atom stereocenters. The number of hydrogen-bond donors (Lipinski definition) is 4. The number of likely N-dealkylation sites (tertiary alicyclic amines) is 1. The van der Waals surface area contributed by atoms with Gasteiger partial charge in [-0.25, -0.2) is 9.59 Å². The molecule has 16 nitrogen and oxygen atoms in total. The summed E-state index contributed by atoms with van der Waals surface area (Å²) in [7, 11) is -1.93. The van der Waals surface area contributed by atoms with Gasteiger partial charge in [-0.1, -0.05) is 72.8 Å². The minimum absolute atomic E-state index is 0.0353. The molecule has 4 N–H and O–H groups in total. The van der Waals surface area contributed by atoms with E-state index < -0.39 is 75.1 Å². The van der Waals surface area contributed by atoms with E-state index in [0.717, 1.165) is 43.5 Å². The maximum atomic E-state index is 14.8. The number of urea groups is 1. The molecular weight excluding hydrogens is 755 g/mol. The number of nitrogens with one attached hydrogen (secondary N) is 4. The Bertz CT molecular complexity index is 1660. The number of carbonyl (C=O) groups is 6. The van der Waals surface area contributed by atoms with E-state index in [1.807, 2.05) is 20.8 Å². The van der Waals surface area contributed by atoms with Crippen molar-refractivity contribution in [2.75, 3.05) is 33.7 Å². The number of fused-ring (bicyclic) bond motifs is 1. The van der Waals surface area contributed by atoms with Gasteiger partial charge in [-0.05, 0) is 74.5 Å². The van der Waals surface area contributed by atoms with Gasteiger partial charge in [-0.2, -0.15) is 17.0 Å². The monoisotopic (exact) mass is 821 g/mol. The normalized spacial score (nSPS) is 23.6. The first kappa shape index (κ1) is 46.0. The van der Waals surface area contributed by atoms with Gasteiger partial charge in [-0.3, -0.25) is 19.2 Å². The number of ketones is 1. The highest BCUT2D eigenvalue weighted by molar-refractivity contribution is 7.87. The van der Waals surface area contributed by atoms with E-state index in [0.29, 0.717) is 30.1 Å². The number of hydrogen-bond acceptors (Lipinski definition) is 9. The van der Waals surface area contributed by atoms with Crippen LogP contribution in [-0.4, -0.2) is 121 Å². The Labute approximate surface area is 339 Å². The summed E-state index contributed by atoms with van der Waals surface area (Å²) in [5.41, 5.74) is -1.82. The molecule has 4 aliphatic rings. The average molecular weight is 822 g/mol. The van der Waals surface area contributed by atoms with E-state index in [1.54, 1.807) is 25.7 Å². The molecule has 1 aliphatic heterocycles. The lowest BCUT2D eigenvalue weighted by Crippen LogP contribution is -2.62. The van der Waals surface area contributed by atoms with Gasteiger partial charge in [0.25, 0.3) is 5.91 Å². The van der Waals surface area contributed by atoms with E-state index in [9.17, 15) is 37.2 Å². The molecule has 1 unspecified atom stereocenters. The van der Waals surface area contributed by atoms with Crippen molar-refractivity contribution in [1.82, 2.24) is 34.8 Å². The first-order valence-electron chi connectivity index (χ1n) is 20.3. The van der Waals surface area contributed by atoms with Gasteiger partial charge in [0.15, 0.2) is 0 Å². The molecule has 0 bridgehead atoms. The van der Waals surface area contributed by atoms with Crippen molar-refractivity contribution in [2.24, 2.45) is 34.5 Å². The quantitative estimate of drug-likeness (QED) is 0.133. The molecule has 6 amide bonds. The van der Waals surface area contributed by atoms with Gasteiger partial charge in [0.2, 0.25) is 17.6 Å². The van der Waals surface area contributed by atoms with Gasteiger partial charge < -0.3 is 30.9 Å². The zero-order chi connectivity index (χ0) is 42.8. The Balaban J connectivity index is 1.54. The van der Waals surface area contributed by atoms with Crippen LogP contribution in [0.3, 0.4) is 0 Å². The summed E-state index contributed by atoms with van der Waals surface area (Å²) in [5, 5.41) is 11.2. The van der Waals surface area contributed by atoms with Crippen molar-refractivity contribution in [1.29, 1.82) is 0 Å².